The van der Waals surface area contributed by atoms with E-state index in [0.29, 0.717) is 33.7 Å². The molecular weight excluding hydrogens is 431 g/mol. The van der Waals surface area contributed by atoms with Gasteiger partial charge in [0.2, 0.25) is 0 Å². The van der Waals surface area contributed by atoms with E-state index in [1.165, 1.54) is 19.9 Å². The molecule has 158 valence electrons. The van der Waals surface area contributed by atoms with Crippen molar-refractivity contribution in [1.29, 1.82) is 0 Å². The van der Waals surface area contributed by atoms with E-state index in [4.69, 9.17) is 42.1 Å². The number of rotatable bonds is 6. The average Bonchev–Trinajstić information content (AvgIpc) is 2.65. The van der Waals surface area contributed by atoms with Crippen LogP contribution in [0.2, 0.25) is 10.0 Å². The predicted octanol–water partition coefficient (Wildman–Crippen LogP) is 5.19. The third kappa shape index (κ3) is 5.26. The second-order valence-corrected chi connectivity index (χ2v) is 7.74. The molecule has 0 aromatic heterocycles. The van der Waals surface area contributed by atoms with E-state index in [-0.39, 0.29) is 12.2 Å². The third-order valence-corrected chi connectivity index (χ3v) is 4.68. The first-order valence-electron chi connectivity index (χ1n) is 9.20. The summed E-state index contributed by atoms with van der Waals surface area (Å²) in [7, 11) is 0. The van der Waals surface area contributed by atoms with Gasteiger partial charge in [-0.15, -0.1) is 0 Å². The lowest BCUT2D eigenvalue weighted by Gasteiger charge is -2.29. The second-order valence-electron chi connectivity index (χ2n) is 6.90. The summed E-state index contributed by atoms with van der Waals surface area (Å²) < 4.78 is 21.7. The number of benzene rings is 2. The SMILES string of the molecule is CCOc1cc(C=C2C(=O)OC(C)(C)OC2=O)ccc1OCc1ccc(Cl)cc1Cl. The van der Waals surface area contributed by atoms with Gasteiger partial charge in [0.05, 0.1) is 6.61 Å². The van der Waals surface area contributed by atoms with Gasteiger partial charge in [0.25, 0.3) is 5.79 Å². The van der Waals surface area contributed by atoms with Gasteiger partial charge in [-0.1, -0.05) is 35.3 Å². The highest BCUT2D eigenvalue weighted by Gasteiger charge is 2.38. The molecule has 1 heterocycles. The lowest BCUT2D eigenvalue weighted by Crippen LogP contribution is -2.41. The minimum absolute atomic E-state index is 0.196. The Hall–Kier alpha value is -2.70. The van der Waals surface area contributed by atoms with E-state index in [1.807, 2.05) is 6.92 Å². The van der Waals surface area contributed by atoms with Crippen molar-refractivity contribution in [2.24, 2.45) is 0 Å². The van der Waals surface area contributed by atoms with Crippen LogP contribution in [-0.4, -0.2) is 24.3 Å². The molecule has 3 rings (SSSR count). The molecule has 0 saturated carbocycles. The molecule has 0 N–H and O–H groups in total. The summed E-state index contributed by atoms with van der Waals surface area (Å²) in [6.45, 7) is 5.43. The van der Waals surface area contributed by atoms with Crippen LogP contribution in [0.1, 0.15) is 31.9 Å². The van der Waals surface area contributed by atoms with Crippen LogP contribution in [0.3, 0.4) is 0 Å². The maximum absolute atomic E-state index is 12.1. The highest BCUT2D eigenvalue weighted by Crippen LogP contribution is 2.32. The van der Waals surface area contributed by atoms with Gasteiger partial charge < -0.3 is 18.9 Å². The number of carbonyl (C=O) groups excluding carboxylic acids is 2. The van der Waals surface area contributed by atoms with Crippen molar-refractivity contribution in [3.63, 3.8) is 0 Å². The van der Waals surface area contributed by atoms with Crippen LogP contribution in [-0.2, 0) is 25.7 Å². The Morgan fingerprint density at radius 1 is 0.967 bits per heavy atom. The number of cyclic esters (lactones) is 2. The Bertz CT molecular complexity index is 991. The zero-order valence-corrected chi connectivity index (χ0v) is 18.2. The van der Waals surface area contributed by atoms with Gasteiger partial charge in [-0.25, -0.2) is 9.59 Å². The largest absolute Gasteiger partial charge is 0.490 e. The summed E-state index contributed by atoms with van der Waals surface area (Å²) in [5, 5.41) is 1.04. The number of hydrogen-bond donors (Lipinski definition) is 0. The molecule has 1 fully saturated rings. The molecule has 0 atom stereocenters. The standard InChI is InChI=1S/C22H20Cl2O6/c1-4-27-19-10-13(9-16-20(25)29-22(2,3)30-21(16)26)5-8-18(19)28-12-14-6-7-15(23)11-17(14)24/h5-11H,4,12H2,1-3H3. The van der Waals surface area contributed by atoms with E-state index in [9.17, 15) is 9.59 Å². The Morgan fingerprint density at radius 2 is 1.67 bits per heavy atom. The van der Waals surface area contributed by atoms with E-state index >= 15 is 0 Å². The topological polar surface area (TPSA) is 71.1 Å². The van der Waals surface area contributed by atoms with E-state index < -0.39 is 17.7 Å². The number of ether oxygens (including phenoxy) is 4. The summed E-state index contributed by atoms with van der Waals surface area (Å²) in [6.07, 6.45) is 1.39. The maximum atomic E-state index is 12.1. The zero-order chi connectivity index (χ0) is 21.9. The number of halogens is 2. The molecule has 0 bridgehead atoms. The number of esters is 2. The molecule has 0 unspecified atom stereocenters. The molecule has 8 heteroatoms. The van der Waals surface area contributed by atoms with Crippen LogP contribution >= 0.6 is 23.2 Å². The molecule has 1 aliphatic rings. The molecule has 0 spiro atoms. The molecular formula is C22H20Cl2O6. The first kappa shape index (κ1) is 22.0. The van der Waals surface area contributed by atoms with Crippen molar-refractivity contribution < 1.29 is 28.5 Å². The minimum Gasteiger partial charge on any atom is -0.490 e. The Morgan fingerprint density at radius 3 is 2.30 bits per heavy atom. The number of hydrogen-bond acceptors (Lipinski definition) is 6. The third-order valence-electron chi connectivity index (χ3n) is 4.09. The van der Waals surface area contributed by atoms with Gasteiger partial charge in [0, 0.05) is 29.5 Å². The predicted molar refractivity (Wildman–Crippen MR) is 113 cm³/mol. The van der Waals surface area contributed by atoms with Crippen molar-refractivity contribution in [3.8, 4) is 11.5 Å². The van der Waals surface area contributed by atoms with Crippen molar-refractivity contribution in [2.75, 3.05) is 6.61 Å². The van der Waals surface area contributed by atoms with E-state index in [2.05, 4.69) is 0 Å². The summed E-state index contributed by atoms with van der Waals surface area (Å²) >= 11 is 12.1. The van der Waals surface area contributed by atoms with Gasteiger partial charge in [-0.05, 0) is 42.8 Å². The van der Waals surface area contributed by atoms with Crippen LogP contribution in [0.5, 0.6) is 11.5 Å². The van der Waals surface area contributed by atoms with E-state index in [1.54, 1.807) is 36.4 Å². The van der Waals surface area contributed by atoms with Crippen LogP contribution in [0.4, 0.5) is 0 Å². The molecule has 0 radical (unpaired) electrons. The Balaban J connectivity index is 1.83. The minimum atomic E-state index is -1.29. The normalized spacial score (nSPS) is 15.3. The molecule has 2 aromatic rings. The first-order valence-corrected chi connectivity index (χ1v) is 9.96. The van der Waals surface area contributed by atoms with Gasteiger partial charge in [-0.3, -0.25) is 0 Å². The van der Waals surface area contributed by atoms with Crippen LogP contribution < -0.4 is 9.47 Å². The lowest BCUT2D eigenvalue weighted by atomic mass is 10.1. The quantitative estimate of drug-likeness (QED) is 0.342. The first-order chi connectivity index (χ1) is 14.2. The summed E-state index contributed by atoms with van der Waals surface area (Å²) in [5.41, 5.74) is 1.13. The molecule has 0 amide bonds. The smallest absolute Gasteiger partial charge is 0.348 e. The summed E-state index contributed by atoms with van der Waals surface area (Å²) in [4.78, 5) is 24.3. The molecule has 6 nitrogen and oxygen atoms in total. The van der Waals surface area contributed by atoms with Gasteiger partial charge in [0.15, 0.2) is 11.5 Å². The highest BCUT2D eigenvalue weighted by molar-refractivity contribution is 6.35. The van der Waals surface area contributed by atoms with Crippen molar-refractivity contribution in [3.05, 3.63) is 63.1 Å². The number of carbonyl (C=O) groups is 2. The molecule has 0 aliphatic carbocycles. The van der Waals surface area contributed by atoms with Gasteiger partial charge in [0.1, 0.15) is 12.2 Å². The molecule has 1 aliphatic heterocycles. The summed E-state index contributed by atoms with van der Waals surface area (Å²) in [6, 6.07) is 10.2. The monoisotopic (exact) mass is 450 g/mol. The van der Waals surface area contributed by atoms with Gasteiger partial charge >= 0.3 is 11.9 Å². The second kappa shape index (κ2) is 8.98. The average molecular weight is 451 g/mol. The van der Waals surface area contributed by atoms with Crippen molar-refractivity contribution >= 4 is 41.2 Å². The van der Waals surface area contributed by atoms with E-state index in [0.717, 1.165) is 5.56 Å². The van der Waals surface area contributed by atoms with Crippen molar-refractivity contribution in [1.82, 2.24) is 0 Å². The van der Waals surface area contributed by atoms with Crippen LogP contribution in [0, 0.1) is 0 Å². The summed E-state index contributed by atoms with van der Waals surface area (Å²) in [5.74, 6) is -1.84. The Kier molecular flexibility index (Phi) is 6.58. The van der Waals surface area contributed by atoms with Crippen LogP contribution in [0.25, 0.3) is 6.08 Å². The molecule has 1 saturated heterocycles. The van der Waals surface area contributed by atoms with Gasteiger partial charge in [-0.2, -0.15) is 0 Å². The Labute approximate surface area is 184 Å². The fourth-order valence-electron chi connectivity index (χ4n) is 2.74. The zero-order valence-electron chi connectivity index (χ0n) is 16.7. The maximum Gasteiger partial charge on any atom is 0.348 e. The fraction of sp³-hybridized carbons (Fsp3) is 0.273. The molecule has 2 aromatic carbocycles. The van der Waals surface area contributed by atoms with Crippen LogP contribution in [0.15, 0.2) is 42.0 Å². The molecule has 30 heavy (non-hydrogen) atoms. The fourth-order valence-corrected chi connectivity index (χ4v) is 3.20. The highest BCUT2D eigenvalue weighted by atomic mass is 35.5. The lowest BCUT2D eigenvalue weighted by molar-refractivity contribution is -0.222. The van der Waals surface area contributed by atoms with Crippen molar-refractivity contribution in [2.45, 2.75) is 33.2 Å².